The first kappa shape index (κ1) is 27.7. The van der Waals surface area contributed by atoms with Gasteiger partial charge in [-0.3, -0.25) is 24.0 Å². The highest BCUT2D eigenvalue weighted by Gasteiger charge is 2.23. The zero-order chi connectivity index (χ0) is 23.1. The number of carbonyl (C=O) groups is 6. The number of ether oxygens (including phenoxy) is 2. The number of esters is 2. The average molecular weight is 468 g/mol. The summed E-state index contributed by atoms with van der Waals surface area (Å²) >= 11 is 0. The second kappa shape index (κ2) is 15.5. The summed E-state index contributed by atoms with van der Waals surface area (Å²) in [5.74, 6) is -5.14. The maximum Gasteiger partial charge on any atom is 0.375 e. The van der Waals surface area contributed by atoms with Gasteiger partial charge in [0.05, 0.1) is 19.5 Å². The molecule has 0 saturated carbocycles. The Kier molecular flexibility index (Phi) is 14.3. The molecular formula is C16H25N3O9S2. The van der Waals surface area contributed by atoms with Crippen molar-refractivity contribution in [2.75, 3.05) is 31.8 Å². The van der Waals surface area contributed by atoms with Gasteiger partial charge in [0.15, 0.2) is 0 Å². The van der Waals surface area contributed by atoms with Crippen LogP contribution in [-0.2, 0) is 38.2 Å². The number of nitrogens with one attached hydrogen (secondary N) is 2. The van der Waals surface area contributed by atoms with Gasteiger partial charge < -0.3 is 30.9 Å². The number of carbonyl (C=O) groups excluding carboxylic acids is 5. The highest BCUT2D eigenvalue weighted by atomic mass is 33.1. The molecule has 0 bridgehead atoms. The highest BCUT2D eigenvalue weighted by molar-refractivity contribution is 8.76. The summed E-state index contributed by atoms with van der Waals surface area (Å²) < 4.78 is 8.99. The van der Waals surface area contributed by atoms with Crippen LogP contribution in [0.5, 0.6) is 0 Å². The number of hydrogen-bond acceptors (Lipinski definition) is 11. The Morgan fingerprint density at radius 2 is 1.80 bits per heavy atom. The maximum atomic E-state index is 12.3. The molecule has 30 heavy (non-hydrogen) atoms. The van der Waals surface area contributed by atoms with Gasteiger partial charge in [-0.05, 0) is 13.3 Å². The first-order valence-corrected chi connectivity index (χ1v) is 11.2. The Bertz CT molecular complexity index is 645. The van der Waals surface area contributed by atoms with Crippen LogP contribution in [0.2, 0.25) is 0 Å². The van der Waals surface area contributed by atoms with Gasteiger partial charge in [-0.25, -0.2) is 4.79 Å². The number of methoxy groups -OCH3 is 1. The summed E-state index contributed by atoms with van der Waals surface area (Å²) in [4.78, 5) is 68.9. The standard InChI is InChI=1S/C16H25N3O9S2/c1-3-28-13(22)6-18-14(23)10(7-29-30-8-11(20)16(26)27-2)19-12(21)5-4-9(17)15(24)25/h9-10H,3-8,17H2,1-2H3,(H,18,23)(H,19,21)(H,24,25). The molecule has 5 N–H and O–H groups in total. The third kappa shape index (κ3) is 12.3. The van der Waals surface area contributed by atoms with Gasteiger partial charge in [0.2, 0.25) is 11.8 Å². The molecule has 0 aliphatic carbocycles. The fraction of sp³-hybridized carbons (Fsp3) is 0.625. The van der Waals surface area contributed by atoms with Crippen molar-refractivity contribution in [3.8, 4) is 0 Å². The monoisotopic (exact) mass is 467 g/mol. The van der Waals surface area contributed by atoms with Gasteiger partial charge >= 0.3 is 17.9 Å². The summed E-state index contributed by atoms with van der Waals surface area (Å²) in [5, 5.41) is 13.5. The Balaban J connectivity index is 4.74. The number of rotatable bonds is 15. The zero-order valence-electron chi connectivity index (χ0n) is 16.5. The van der Waals surface area contributed by atoms with E-state index >= 15 is 0 Å². The lowest BCUT2D eigenvalue weighted by molar-refractivity contribution is -0.150. The molecule has 14 heteroatoms. The molecule has 0 aromatic heterocycles. The van der Waals surface area contributed by atoms with Crippen molar-refractivity contribution >= 4 is 57.1 Å². The smallest absolute Gasteiger partial charge is 0.375 e. The summed E-state index contributed by atoms with van der Waals surface area (Å²) in [6.07, 6.45) is -0.360. The highest BCUT2D eigenvalue weighted by Crippen LogP contribution is 2.22. The number of carboxylic acid groups (broad SMARTS) is 1. The van der Waals surface area contributed by atoms with Crippen LogP contribution >= 0.6 is 21.6 Å². The van der Waals surface area contributed by atoms with E-state index in [0.717, 1.165) is 28.7 Å². The van der Waals surface area contributed by atoms with Gasteiger partial charge in [-0.2, -0.15) is 0 Å². The number of Topliss-reactive ketones (excluding diaryl/α,β-unsaturated/α-hetero) is 1. The first-order chi connectivity index (χ1) is 14.1. The molecule has 2 amide bonds. The van der Waals surface area contributed by atoms with E-state index in [2.05, 4.69) is 15.4 Å². The van der Waals surface area contributed by atoms with Crippen molar-refractivity contribution in [1.82, 2.24) is 10.6 Å². The lowest BCUT2D eigenvalue weighted by atomic mass is 10.1. The molecule has 0 aromatic carbocycles. The number of hydrogen-bond donors (Lipinski definition) is 4. The van der Waals surface area contributed by atoms with Gasteiger partial charge in [-0.15, -0.1) is 0 Å². The van der Waals surface area contributed by atoms with Crippen LogP contribution in [0.15, 0.2) is 0 Å². The van der Waals surface area contributed by atoms with Crippen LogP contribution in [0.1, 0.15) is 19.8 Å². The van der Waals surface area contributed by atoms with Crippen molar-refractivity contribution in [2.24, 2.45) is 5.73 Å². The SMILES string of the molecule is CCOC(=O)CNC(=O)C(CSSCC(=O)C(=O)OC)NC(=O)CCC(N)C(=O)O. The summed E-state index contributed by atoms with van der Waals surface area (Å²) in [6.45, 7) is 1.34. The normalized spacial score (nSPS) is 12.2. The van der Waals surface area contributed by atoms with Crippen LogP contribution in [0.25, 0.3) is 0 Å². The van der Waals surface area contributed by atoms with Gasteiger partial charge in [-0.1, -0.05) is 21.6 Å². The topological polar surface area (TPSA) is 191 Å². The van der Waals surface area contributed by atoms with E-state index in [1.807, 2.05) is 0 Å². The number of amides is 2. The lowest BCUT2D eigenvalue weighted by Crippen LogP contribution is -2.49. The summed E-state index contributed by atoms with van der Waals surface area (Å²) in [5.41, 5.74) is 5.34. The zero-order valence-corrected chi connectivity index (χ0v) is 18.1. The Labute approximate surface area is 180 Å². The minimum absolute atomic E-state index is 0.00447. The van der Waals surface area contributed by atoms with Crippen molar-refractivity contribution in [2.45, 2.75) is 31.8 Å². The minimum Gasteiger partial charge on any atom is -0.480 e. The molecule has 0 saturated heterocycles. The number of carboxylic acids is 1. The Hall–Kier alpha value is -2.32. The van der Waals surface area contributed by atoms with E-state index < -0.39 is 54.1 Å². The van der Waals surface area contributed by atoms with E-state index in [0.29, 0.717) is 0 Å². The molecule has 0 aromatic rings. The summed E-state index contributed by atoms with van der Waals surface area (Å²) in [7, 11) is 3.09. The Morgan fingerprint density at radius 1 is 1.13 bits per heavy atom. The second-order valence-corrected chi connectivity index (χ2v) is 8.10. The van der Waals surface area contributed by atoms with E-state index in [4.69, 9.17) is 15.6 Å². The molecule has 0 fully saturated rings. The molecule has 0 spiro atoms. The van der Waals surface area contributed by atoms with Crippen LogP contribution in [0.4, 0.5) is 0 Å². The lowest BCUT2D eigenvalue weighted by Gasteiger charge is -2.18. The predicted molar refractivity (Wildman–Crippen MR) is 108 cm³/mol. The van der Waals surface area contributed by atoms with Crippen LogP contribution in [0, 0.1) is 0 Å². The van der Waals surface area contributed by atoms with E-state index in [-0.39, 0.29) is 31.0 Å². The van der Waals surface area contributed by atoms with Gasteiger partial charge in [0.25, 0.3) is 5.78 Å². The third-order valence-electron chi connectivity index (χ3n) is 3.28. The second-order valence-electron chi connectivity index (χ2n) is 5.59. The predicted octanol–water partition coefficient (Wildman–Crippen LogP) is -1.53. The number of aliphatic carboxylic acids is 1. The fourth-order valence-electron chi connectivity index (χ4n) is 1.74. The minimum atomic E-state index is -1.26. The molecule has 0 heterocycles. The quantitative estimate of drug-likeness (QED) is 0.0941. The van der Waals surface area contributed by atoms with Crippen molar-refractivity contribution in [3.63, 3.8) is 0 Å². The van der Waals surface area contributed by atoms with E-state index in [9.17, 15) is 28.8 Å². The van der Waals surface area contributed by atoms with Crippen LogP contribution < -0.4 is 16.4 Å². The maximum absolute atomic E-state index is 12.3. The van der Waals surface area contributed by atoms with Crippen LogP contribution in [-0.4, -0.2) is 84.5 Å². The number of nitrogens with two attached hydrogens (primary N) is 1. The largest absolute Gasteiger partial charge is 0.480 e. The molecule has 12 nitrogen and oxygen atoms in total. The van der Waals surface area contributed by atoms with E-state index in [1.54, 1.807) is 6.92 Å². The Morgan fingerprint density at radius 3 is 2.37 bits per heavy atom. The average Bonchev–Trinajstić information content (AvgIpc) is 2.71. The van der Waals surface area contributed by atoms with Gasteiger partial charge in [0, 0.05) is 12.2 Å². The molecule has 2 unspecified atom stereocenters. The third-order valence-corrected chi connectivity index (χ3v) is 5.56. The molecular weight excluding hydrogens is 442 g/mol. The number of ketones is 1. The molecule has 170 valence electrons. The molecule has 0 aliphatic rings. The molecule has 0 rings (SSSR count). The van der Waals surface area contributed by atoms with E-state index in [1.165, 1.54) is 0 Å². The fourth-order valence-corrected chi connectivity index (χ4v) is 3.78. The first-order valence-electron chi connectivity index (χ1n) is 8.68. The van der Waals surface area contributed by atoms with Crippen molar-refractivity contribution < 1.29 is 43.3 Å². The molecule has 0 radical (unpaired) electrons. The van der Waals surface area contributed by atoms with Crippen molar-refractivity contribution in [1.29, 1.82) is 0 Å². The molecule has 2 atom stereocenters. The van der Waals surface area contributed by atoms with Gasteiger partial charge in [0.1, 0.15) is 18.6 Å². The summed E-state index contributed by atoms with van der Waals surface area (Å²) in [6, 6.07) is -2.31. The molecule has 0 aliphatic heterocycles. The van der Waals surface area contributed by atoms with Crippen molar-refractivity contribution in [3.05, 3.63) is 0 Å². The van der Waals surface area contributed by atoms with Crippen LogP contribution in [0.3, 0.4) is 0 Å².